The van der Waals surface area contributed by atoms with Gasteiger partial charge < -0.3 is 9.88 Å². The van der Waals surface area contributed by atoms with E-state index in [9.17, 15) is 9.59 Å². The summed E-state index contributed by atoms with van der Waals surface area (Å²) in [5.41, 5.74) is 2.14. The van der Waals surface area contributed by atoms with Crippen molar-refractivity contribution < 1.29 is 4.79 Å². The molecule has 0 bridgehead atoms. The molecule has 1 N–H and O–H groups in total. The number of amides is 1. The van der Waals surface area contributed by atoms with Crippen LogP contribution in [0.1, 0.15) is 55.4 Å². The quantitative estimate of drug-likeness (QED) is 0.902. The third kappa shape index (κ3) is 1.67. The highest BCUT2D eigenvalue weighted by Crippen LogP contribution is 2.22. The van der Waals surface area contributed by atoms with Gasteiger partial charge in [0.2, 0.25) is 0 Å². The van der Waals surface area contributed by atoms with Gasteiger partial charge in [0.25, 0.3) is 11.5 Å². The van der Waals surface area contributed by atoms with E-state index in [1.807, 2.05) is 33.8 Å². The first kappa shape index (κ1) is 12.9. The number of rotatable bonds is 2. The summed E-state index contributed by atoms with van der Waals surface area (Å²) < 4.78 is 1.37. The lowest BCUT2D eigenvalue weighted by Crippen LogP contribution is -2.31. The zero-order chi connectivity index (χ0) is 14.6. The fourth-order valence-electron chi connectivity index (χ4n) is 2.50. The topological polar surface area (TPSA) is 70.5 Å². The molecule has 1 aliphatic rings. The third-order valence-electron chi connectivity index (χ3n) is 3.75. The summed E-state index contributed by atoms with van der Waals surface area (Å²) in [6.45, 7) is 8.28. The Morgan fingerprint density at radius 1 is 1.25 bits per heavy atom. The SMILES string of the molecule is CC(C)c1cc2[nH]c3c(c(=O)n2n1)CN(C(C)C)C3=O. The molecule has 3 rings (SSSR count). The molecule has 3 heterocycles. The number of carbonyl (C=O) groups is 1. The maximum atomic E-state index is 12.5. The van der Waals surface area contributed by atoms with E-state index in [1.165, 1.54) is 4.52 Å². The van der Waals surface area contributed by atoms with Crippen LogP contribution in [0.3, 0.4) is 0 Å². The third-order valence-corrected chi connectivity index (χ3v) is 3.75. The van der Waals surface area contributed by atoms with Gasteiger partial charge in [-0.2, -0.15) is 9.61 Å². The van der Waals surface area contributed by atoms with Gasteiger partial charge in [-0.25, -0.2) is 0 Å². The van der Waals surface area contributed by atoms with Crippen molar-refractivity contribution in [3.8, 4) is 0 Å². The van der Waals surface area contributed by atoms with Gasteiger partial charge in [0, 0.05) is 12.1 Å². The van der Waals surface area contributed by atoms with Crippen LogP contribution < -0.4 is 5.56 Å². The lowest BCUT2D eigenvalue weighted by Gasteiger charge is -2.19. The normalized spacial score (nSPS) is 14.9. The monoisotopic (exact) mass is 274 g/mol. The van der Waals surface area contributed by atoms with Crippen LogP contribution in [0.4, 0.5) is 0 Å². The van der Waals surface area contributed by atoms with Gasteiger partial charge in [-0.3, -0.25) is 9.59 Å². The van der Waals surface area contributed by atoms with Gasteiger partial charge in [-0.05, 0) is 19.8 Å². The molecule has 0 fully saturated rings. The number of hydrogen-bond donors (Lipinski definition) is 1. The highest BCUT2D eigenvalue weighted by molar-refractivity contribution is 5.96. The van der Waals surface area contributed by atoms with E-state index >= 15 is 0 Å². The Kier molecular flexibility index (Phi) is 2.70. The molecule has 20 heavy (non-hydrogen) atoms. The second-order valence-electron chi connectivity index (χ2n) is 5.83. The zero-order valence-corrected chi connectivity index (χ0v) is 12.1. The Hall–Kier alpha value is -2.11. The van der Waals surface area contributed by atoms with Crippen LogP contribution in [0.2, 0.25) is 0 Å². The largest absolute Gasteiger partial charge is 0.335 e. The number of nitrogens with zero attached hydrogens (tertiary/aromatic N) is 3. The summed E-state index contributed by atoms with van der Waals surface area (Å²) >= 11 is 0. The van der Waals surface area contributed by atoms with Gasteiger partial charge in [0.15, 0.2) is 0 Å². The van der Waals surface area contributed by atoms with Crippen LogP contribution in [-0.2, 0) is 6.54 Å². The van der Waals surface area contributed by atoms with Gasteiger partial charge in [-0.15, -0.1) is 0 Å². The molecule has 1 aliphatic heterocycles. The van der Waals surface area contributed by atoms with E-state index in [0.29, 0.717) is 23.4 Å². The lowest BCUT2D eigenvalue weighted by atomic mass is 10.1. The van der Waals surface area contributed by atoms with Crippen molar-refractivity contribution in [3.63, 3.8) is 0 Å². The fraction of sp³-hybridized carbons (Fsp3) is 0.500. The molecule has 0 atom stereocenters. The molecule has 6 heteroatoms. The van der Waals surface area contributed by atoms with E-state index < -0.39 is 0 Å². The van der Waals surface area contributed by atoms with Crippen molar-refractivity contribution in [2.24, 2.45) is 0 Å². The maximum Gasteiger partial charge on any atom is 0.280 e. The van der Waals surface area contributed by atoms with Crippen LogP contribution in [0.25, 0.3) is 5.65 Å². The predicted molar refractivity (Wildman–Crippen MR) is 74.9 cm³/mol. The molecule has 2 aromatic heterocycles. The molecule has 106 valence electrons. The molecule has 6 nitrogen and oxygen atoms in total. The molecule has 2 aromatic rings. The first-order chi connectivity index (χ1) is 9.40. The molecule has 0 aromatic carbocycles. The molecule has 0 saturated heterocycles. The van der Waals surface area contributed by atoms with Crippen molar-refractivity contribution in [2.75, 3.05) is 0 Å². The number of fused-ring (bicyclic) bond motifs is 2. The second-order valence-corrected chi connectivity index (χ2v) is 5.83. The van der Waals surface area contributed by atoms with Crippen molar-refractivity contribution >= 4 is 11.6 Å². The Balaban J connectivity index is 2.21. The van der Waals surface area contributed by atoms with Gasteiger partial charge in [-0.1, -0.05) is 13.8 Å². The van der Waals surface area contributed by atoms with Crippen LogP contribution in [0.5, 0.6) is 0 Å². The van der Waals surface area contributed by atoms with Gasteiger partial charge in [0.1, 0.15) is 11.3 Å². The average Bonchev–Trinajstić information content (AvgIpc) is 2.93. The maximum absolute atomic E-state index is 12.5. The number of aromatic nitrogens is 3. The Morgan fingerprint density at radius 3 is 2.55 bits per heavy atom. The molecule has 0 unspecified atom stereocenters. The van der Waals surface area contributed by atoms with Crippen LogP contribution in [0, 0.1) is 0 Å². The minimum absolute atomic E-state index is 0.0706. The first-order valence-electron chi connectivity index (χ1n) is 6.86. The summed E-state index contributed by atoms with van der Waals surface area (Å²) in [5.74, 6) is 0.127. The molecular formula is C14H18N4O2. The standard InChI is InChI=1S/C14H18N4O2/c1-7(2)10-5-11-15-12-9(13(19)18(11)16-10)6-17(8(3)4)14(12)20/h5,7-8,15H,6H2,1-4H3. The molecule has 0 saturated carbocycles. The van der Waals surface area contributed by atoms with Crippen LogP contribution in [0.15, 0.2) is 10.9 Å². The number of aromatic amines is 1. The summed E-state index contributed by atoms with van der Waals surface area (Å²) in [7, 11) is 0. The van der Waals surface area contributed by atoms with E-state index in [4.69, 9.17) is 0 Å². The minimum Gasteiger partial charge on any atom is -0.335 e. The number of H-pyrrole nitrogens is 1. The highest BCUT2D eigenvalue weighted by atomic mass is 16.2. The summed E-state index contributed by atoms with van der Waals surface area (Å²) in [5, 5.41) is 4.33. The van der Waals surface area contributed by atoms with E-state index in [0.717, 1.165) is 5.69 Å². The summed E-state index contributed by atoms with van der Waals surface area (Å²) in [4.78, 5) is 29.5. The van der Waals surface area contributed by atoms with Crippen molar-refractivity contribution in [2.45, 2.75) is 46.2 Å². The Morgan fingerprint density at radius 2 is 1.95 bits per heavy atom. The lowest BCUT2D eigenvalue weighted by molar-refractivity contribution is 0.0726. The molecule has 0 spiro atoms. The first-order valence-corrected chi connectivity index (χ1v) is 6.86. The van der Waals surface area contributed by atoms with E-state index in [-0.39, 0.29) is 23.4 Å². The molecule has 0 radical (unpaired) electrons. The van der Waals surface area contributed by atoms with Gasteiger partial charge in [0.05, 0.1) is 17.8 Å². The fourth-order valence-corrected chi connectivity index (χ4v) is 2.50. The number of nitrogens with one attached hydrogen (secondary N) is 1. The van der Waals surface area contributed by atoms with Crippen molar-refractivity contribution in [3.05, 3.63) is 33.4 Å². The zero-order valence-electron chi connectivity index (χ0n) is 12.1. The summed E-state index contributed by atoms with van der Waals surface area (Å²) in [6.07, 6.45) is 0. The van der Waals surface area contributed by atoms with Crippen LogP contribution >= 0.6 is 0 Å². The average molecular weight is 274 g/mol. The van der Waals surface area contributed by atoms with Gasteiger partial charge >= 0.3 is 0 Å². The van der Waals surface area contributed by atoms with E-state index in [1.54, 1.807) is 4.90 Å². The smallest absolute Gasteiger partial charge is 0.280 e. The highest BCUT2D eigenvalue weighted by Gasteiger charge is 2.33. The van der Waals surface area contributed by atoms with E-state index in [2.05, 4.69) is 10.1 Å². The molecule has 1 amide bonds. The minimum atomic E-state index is -0.197. The Labute approximate surface area is 116 Å². The summed E-state index contributed by atoms with van der Waals surface area (Å²) in [6, 6.07) is 1.90. The van der Waals surface area contributed by atoms with Crippen LogP contribution in [-0.4, -0.2) is 31.4 Å². The Bertz CT molecular complexity index is 754. The van der Waals surface area contributed by atoms with Crippen molar-refractivity contribution in [1.82, 2.24) is 19.5 Å². The second kappa shape index (κ2) is 4.19. The molecular weight excluding hydrogens is 256 g/mol. The predicted octanol–water partition coefficient (Wildman–Crippen LogP) is 1.51. The molecule has 0 aliphatic carbocycles. The number of carbonyl (C=O) groups excluding carboxylic acids is 1. The van der Waals surface area contributed by atoms with Crippen molar-refractivity contribution in [1.29, 1.82) is 0 Å². The number of hydrogen-bond acceptors (Lipinski definition) is 3.